The molecule has 1 aromatic carbocycles. The molecule has 1 rings (SSSR count). The first-order valence-electron chi connectivity index (χ1n) is 4.87. The number of hydrogen-bond acceptors (Lipinski definition) is 3. The molecular weight excluding hydrogens is 291 g/mol. The molecule has 1 atom stereocenters. The second-order valence-electron chi connectivity index (χ2n) is 3.40. The average molecular weight is 302 g/mol. The molecule has 0 aliphatic carbocycles. The molecule has 8 heteroatoms. The summed E-state index contributed by atoms with van der Waals surface area (Å²) in [6, 6.07) is 4.46. The Morgan fingerprint density at radius 1 is 1.39 bits per heavy atom. The number of anilines is 1. The molecule has 0 aliphatic rings. The van der Waals surface area contributed by atoms with Crippen LogP contribution in [0, 0.1) is 0 Å². The van der Waals surface area contributed by atoms with Gasteiger partial charge in [0.15, 0.2) is 0 Å². The molecule has 0 bridgehead atoms. The predicted octanol–water partition coefficient (Wildman–Crippen LogP) is 2.61. The lowest BCUT2D eigenvalue weighted by atomic mass is 10.3. The third kappa shape index (κ3) is 5.24. The number of hydrogen-bond donors (Lipinski definition) is 1. The maximum absolute atomic E-state index is 11.8. The smallest absolute Gasteiger partial charge is 0.398 e. The second kappa shape index (κ2) is 6.40. The van der Waals surface area contributed by atoms with Gasteiger partial charge in [0.05, 0.1) is 28.1 Å². The van der Waals surface area contributed by atoms with Crippen LogP contribution in [-0.2, 0) is 15.5 Å². The monoisotopic (exact) mass is 301 g/mol. The molecule has 0 spiro atoms. The highest BCUT2D eigenvalue weighted by Gasteiger charge is 2.27. The minimum absolute atomic E-state index is 0.0688. The Hall–Kier alpha value is -0.790. The summed E-state index contributed by atoms with van der Waals surface area (Å²) in [7, 11) is -1.54. The summed E-state index contributed by atoms with van der Waals surface area (Å²) in [6.07, 6.45) is -4.38. The van der Waals surface area contributed by atoms with Crippen molar-refractivity contribution in [2.75, 3.05) is 24.7 Å². The third-order valence-electron chi connectivity index (χ3n) is 1.90. The average Bonchev–Trinajstić information content (AvgIpc) is 2.26. The van der Waals surface area contributed by atoms with E-state index in [4.69, 9.17) is 17.3 Å². The Kier molecular flexibility index (Phi) is 5.43. The SMILES string of the molecule is Nc1ccc(Cl)cc1S(=O)CCOCC(F)(F)F. The van der Waals surface area contributed by atoms with Gasteiger partial charge in [0.2, 0.25) is 0 Å². The molecule has 0 saturated carbocycles. The van der Waals surface area contributed by atoms with Crippen LogP contribution in [0.25, 0.3) is 0 Å². The molecule has 0 saturated heterocycles. The summed E-state index contributed by atoms with van der Waals surface area (Å²) in [5.41, 5.74) is 5.88. The minimum Gasteiger partial charge on any atom is -0.398 e. The highest BCUT2D eigenvalue weighted by atomic mass is 35.5. The first kappa shape index (κ1) is 15.3. The van der Waals surface area contributed by atoms with Crippen LogP contribution >= 0.6 is 11.6 Å². The zero-order chi connectivity index (χ0) is 13.8. The Morgan fingerprint density at radius 2 is 2.06 bits per heavy atom. The van der Waals surface area contributed by atoms with Crippen molar-refractivity contribution in [1.29, 1.82) is 0 Å². The molecule has 0 fully saturated rings. The van der Waals surface area contributed by atoms with Crippen molar-refractivity contribution in [3.63, 3.8) is 0 Å². The van der Waals surface area contributed by atoms with Crippen LogP contribution < -0.4 is 5.73 Å². The van der Waals surface area contributed by atoms with Crippen LogP contribution in [0.2, 0.25) is 5.02 Å². The molecule has 18 heavy (non-hydrogen) atoms. The van der Waals surface area contributed by atoms with Gasteiger partial charge in [0.25, 0.3) is 0 Å². The van der Waals surface area contributed by atoms with Gasteiger partial charge in [-0.25, -0.2) is 0 Å². The van der Waals surface area contributed by atoms with Gasteiger partial charge in [-0.3, -0.25) is 4.21 Å². The predicted molar refractivity (Wildman–Crippen MR) is 64.0 cm³/mol. The van der Waals surface area contributed by atoms with Crippen LogP contribution in [0.15, 0.2) is 23.1 Å². The molecular formula is C10H11ClF3NO2S. The van der Waals surface area contributed by atoms with Crippen molar-refractivity contribution < 1.29 is 22.1 Å². The number of ether oxygens (including phenoxy) is 1. The fraction of sp³-hybridized carbons (Fsp3) is 0.400. The Bertz CT molecular complexity index is 440. The van der Waals surface area contributed by atoms with E-state index in [0.717, 1.165) is 0 Å². The molecule has 3 nitrogen and oxygen atoms in total. The van der Waals surface area contributed by atoms with E-state index in [1.807, 2.05) is 0 Å². The Morgan fingerprint density at radius 3 is 2.67 bits per heavy atom. The lowest BCUT2D eigenvalue weighted by Crippen LogP contribution is -2.19. The van der Waals surface area contributed by atoms with Crippen molar-refractivity contribution in [2.45, 2.75) is 11.1 Å². The number of halogens is 4. The van der Waals surface area contributed by atoms with Crippen LogP contribution in [-0.4, -0.2) is 29.4 Å². The number of nitrogens with two attached hydrogens (primary N) is 1. The summed E-state index contributed by atoms with van der Waals surface area (Å²) in [5, 5.41) is 0.365. The fourth-order valence-corrected chi connectivity index (χ4v) is 2.45. The first-order chi connectivity index (χ1) is 8.29. The molecule has 0 radical (unpaired) electrons. The van der Waals surface area contributed by atoms with E-state index in [9.17, 15) is 17.4 Å². The number of nitrogen functional groups attached to an aromatic ring is 1. The minimum atomic E-state index is -4.38. The summed E-state index contributed by atoms with van der Waals surface area (Å²) in [6.45, 7) is -1.62. The molecule has 0 aromatic heterocycles. The standard InChI is InChI=1S/C10H11ClF3NO2S/c11-7-1-2-8(15)9(5-7)18(16)4-3-17-6-10(12,13)14/h1-2,5H,3-4,6,15H2. The van der Waals surface area contributed by atoms with Crippen LogP contribution in [0.5, 0.6) is 0 Å². The quantitative estimate of drug-likeness (QED) is 0.672. The molecule has 0 heterocycles. The van der Waals surface area contributed by atoms with E-state index >= 15 is 0 Å². The first-order valence-corrected chi connectivity index (χ1v) is 6.57. The van der Waals surface area contributed by atoms with Gasteiger partial charge in [-0.1, -0.05) is 11.6 Å². The maximum atomic E-state index is 11.8. The van der Waals surface area contributed by atoms with Crippen molar-refractivity contribution >= 4 is 28.1 Å². The molecule has 1 aromatic rings. The summed E-state index contributed by atoms with van der Waals surface area (Å²) >= 11 is 5.71. The zero-order valence-corrected chi connectivity index (χ0v) is 10.7. The van der Waals surface area contributed by atoms with Gasteiger partial charge in [-0.05, 0) is 18.2 Å². The van der Waals surface area contributed by atoms with E-state index in [2.05, 4.69) is 4.74 Å². The maximum Gasteiger partial charge on any atom is 0.411 e. The van der Waals surface area contributed by atoms with Gasteiger partial charge in [0.1, 0.15) is 6.61 Å². The van der Waals surface area contributed by atoms with Crippen LogP contribution in [0.3, 0.4) is 0 Å². The number of rotatable bonds is 5. The molecule has 0 aliphatic heterocycles. The fourth-order valence-electron chi connectivity index (χ4n) is 1.14. The number of benzene rings is 1. The van der Waals surface area contributed by atoms with Crippen molar-refractivity contribution in [3.8, 4) is 0 Å². The normalized spacial score (nSPS) is 13.6. The van der Waals surface area contributed by atoms with Crippen molar-refractivity contribution in [2.24, 2.45) is 0 Å². The number of alkyl halides is 3. The lowest BCUT2D eigenvalue weighted by molar-refractivity contribution is -0.172. The van der Waals surface area contributed by atoms with E-state index in [1.54, 1.807) is 0 Å². The van der Waals surface area contributed by atoms with Gasteiger partial charge in [-0.2, -0.15) is 13.2 Å². The summed E-state index contributed by atoms with van der Waals surface area (Å²) in [5.74, 6) is -0.0688. The van der Waals surface area contributed by atoms with E-state index in [-0.39, 0.29) is 18.0 Å². The van der Waals surface area contributed by atoms with Gasteiger partial charge in [-0.15, -0.1) is 0 Å². The highest BCUT2D eigenvalue weighted by molar-refractivity contribution is 7.85. The third-order valence-corrected chi connectivity index (χ3v) is 3.52. The van der Waals surface area contributed by atoms with Gasteiger partial charge in [0, 0.05) is 10.7 Å². The van der Waals surface area contributed by atoms with E-state index in [1.165, 1.54) is 18.2 Å². The van der Waals surface area contributed by atoms with Crippen molar-refractivity contribution in [3.05, 3.63) is 23.2 Å². The van der Waals surface area contributed by atoms with Crippen molar-refractivity contribution in [1.82, 2.24) is 0 Å². The molecule has 0 amide bonds. The Balaban J connectivity index is 2.48. The topological polar surface area (TPSA) is 52.3 Å². The second-order valence-corrected chi connectivity index (χ2v) is 5.38. The molecule has 1 unspecified atom stereocenters. The van der Waals surface area contributed by atoms with Gasteiger partial charge < -0.3 is 10.5 Å². The van der Waals surface area contributed by atoms with Gasteiger partial charge >= 0.3 is 6.18 Å². The Labute approximate surface area is 110 Å². The zero-order valence-electron chi connectivity index (χ0n) is 9.17. The summed E-state index contributed by atoms with van der Waals surface area (Å²) in [4.78, 5) is 0.304. The van der Waals surface area contributed by atoms with E-state index < -0.39 is 23.6 Å². The van der Waals surface area contributed by atoms with Crippen LogP contribution in [0.1, 0.15) is 0 Å². The largest absolute Gasteiger partial charge is 0.411 e. The van der Waals surface area contributed by atoms with Crippen LogP contribution in [0.4, 0.5) is 18.9 Å². The summed E-state index contributed by atoms with van der Waals surface area (Å²) < 4.78 is 51.5. The highest BCUT2D eigenvalue weighted by Crippen LogP contribution is 2.21. The van der Waals surface area contributed by atoms with E-state index in [0.29, 0.717) is 9.92 Å². The molecule has 2 N–H and O–H groups in total. The lowest BCUT2D eigenvalue weighted by Gasteiger charge is -2.08. The molecule has 102 valence electrons.